The molecule has 2 N–H and O–H groups in total. The van der Waals surface area contributed by atoms with E-state index in [0.717, 1.165) is 6.20 Å². The van der Waals surface area contributed by atoms with Gasteiger partial charge in [-0.1, -0.05) is 11.6 Å². The fourth-order valence-electron chi connectivity index (χ4n) is 2.44. The first-order valence-corrected chi connectivity index (χ1v) is 7.36. The summed E-state index contributed by atoms with van der Waals surface area (Å²) in [4.78, 5) is 36.9. The minimum atomic E-state index is -1.13. The van der Waals surface area contributed by atoms with Crippen LogP contribution >= 0.6 is 11.6 Å². The molecule has 2 heterocycles. The molecule has 9 heteroatoms. The summed E-state index contributed by atoms with van der Waals surface area (Å²) in [5.74, 6) is -1.28. The molecule has 0 atom stereocenters. The number of aromatic amines is 1. The van der Waals surface area contributed by atoms with Crippen molar-refractivity contribution in [3.63, 3.8) is 0 Å². The van der Waals surface area contributed by atoms with Crippen molar-refractivity contribution >= 4 is 23.5 Å². The average molecular weight is 350 g/mol. The molecule has 0 fully saturated rings. The van der Waals surface area contributed by atoms with Gasteiger partial charge in [-0.25, -0.2) is 4.79 Å². The molecule has 8 nitrogen and oxygen atoms in total. The molecular formula is C15H12ClN3O5. The number of carboxylic acid groups (broad SMARTS) is 1. The second kappa shape index (κ2) is 6.32. The molecule has 0 saturated heterocycles. The summed E-state index contributed by atoms with van der Waals surface area (Å²) in [7, 11) is 0. The number of nitrogens with zero attached hydrogens (tertiary/aromatic N) is 2. The van der Waals surface area contributed by atoms with Crippen molar-refractivity contribution in [1.82, 2.24) is 15.1 Å². The van der Waals surface area contributed by atoms with E-state index in [9.17, 15) is 14.4 Å². The van der Waals surface area contributed by atoms with Crippen molar-refractivity contribution in [1.29, 1.82) is 0 Å². The van der Waals surface area contributed by atoms with Gasteiger partial charge in [-0.2, -0.15) is 5.10 Å². The number of hydrogen-bond acceptors (Lipinski definition) is 5. The third-order valence-electron chi connectivity index (χ3n) is 3.58. The normalized spacial score (nSPS) is 13.6. The van der Waals surface area contributed by atoms with Crippen LogP contribution in [-0.4, -0.2) is 45.2 Å². The summed E-state index contributed by atoms with van der Waals surface area (Å²) < 4.78 is 5.54. The topological polar surface area (TPSA) is 113 Å². The maximum absolute atomic E-state index is 12.6. The molecule has 3 rings (SSSR count). The molecule has 0 spiro atoms. The lowest BCUT2D eigenvalue weighted by Gasteiger charge is -2.19. The zero-order valence-electron chi connectivity index (χ0n) is 12.3. The molecule has 1 aliphatic rings. The van der Waals surface area contributed by atoms with Gasteiger partial charge in [0.2, 0.25) is 5.43 Å². The number of carbonyl (C=O) groups is 2. The first kappa shape index (κ1) is 16.0. The number of carboxylic acids is 1. The van der Waals surface area contributed by atoms with Crippen molar-refractivity contribution in [2.45, 2.75) is 6.54 Å². The van der Waals surface area contributed by atoms with Crippen molar-refractivity contribution in [2.24, 2.45) is 0 Å². The molecule has 124 valence electrons. The van der Waals surface area contributed by atoms with Crippen molar-refractivity contribution < 1.29 is 19.4 Å². The van der Waals surface area contributed by atoms with Crippen LogP contribution in [0.1, 0.15) is 26.3 Å². The second-order valence-corrected chi connectivity index (χ2v) is 5.54. The van der Waals surface area contributed by atoms with Gasteiger partial charge in [-0.15, -0.1) is 0 Å². The van der Waals surface area contributed by atoms with E-state index in [4.69, 9.17) is 21.4 Å². The molecule has 1 aromatic carbocycles. The van der Waals surface area contributed by atoms with Gasteiger partial charge in [0.1, 0.15) is 17.9 Å². The van der Waals surface area contributed by atoms with Gasteiger partial charge in [-0.05, 0) is 12.1 Å². The Morgan fingerprint density at radius 3 is 2.88 bits per heavy atom. The Kier molecular flexibility index (Phi) is 4.22. The quantitative estimate of drug-likeness (QED) is 0.841. The SMILES string of the molecule is O=C(O)c1cc(Cl)c2c(c1)CN(C(=O)c1c[nH]ncc1=O)CCO2. The number of aromatic carboxylic acids is 1. The first-order valence-electron chi connectivity index (χ1n) is 6.98. The van der Waals surface area contributed by atoms with Gasteiger partial charge in [0.25, 0.3) is 5.91 Å². The highest BCUT2D eigenvalue weighted by atomic mass is 35.5. The second-order valence-electron chi connectivity index (χ2n) is 5.14. The van der Waals surface area contributed by atoms with Crippen LogP contribution in [0.5, 0.6) is 5.75 Å². The largest absolute Gasteiger partial charge is 0.490 e. The third-order valence-corrected chi connectivity index (χ3v) is 3.87. The lowest BCUT2D eigenvalue weighted by Crippen LogP contribution is -2.35. The molecule has 0 saturated carbocycles. The fourth-order valence-corrected chi connectivity index (χ4v) is 2.74. The van der Waals surface area contributed by atoms with E-state index < -0.39 is 17.3 Å². The summed E-state index contributed by atoms with van der Waals surface area (Å²) >= 11 is 6.08. The van der Waals surface area contributed by atoms with E-state index in [-0.39, 0.29) is 35.8 Å². The van der Waals surface area contributed by atoms with E-state index in [1.807, 2.05) is 0 Å². The Morgan fingerprint density at radius 2 is 2.17 bits per heavy atom. The Balaban J connectivity index is 1.97. The molecule has 1 aromatic heterocycles. The van der Waals surface area contributed by atoms with E-state index >= 15 is 0 Å². The standard InChI is InChI=1S/C15H12ClN3O5/c16-11-4-8(15(22)23)3-9-7-19(1-2-24-13(9)11)14(21)10-5-17-18-6-12(10)20/h3-6H,1-2,7H2,(H,17,20)(H,22,23). The Hall–Kier alpha value is -2.87. The number of aromatic nitrogens is 2. The Bertz CT molecular complexity index is 880. The highest BCUT2D eigenvalue weighted by molar-refractivity contribution is 6.32. The van der Waals surface area contributed by atoms with Crippen LogP contribution < -0.4 is 10.2 Å². The van der Waals surface area contributed by atoms with Crippen molar-refractivity contribution in [3.8, 4) is 5.75 Å². The minimum absolute atomic E-state index is 0.00147. The van der Waals surface area contributed by atoms with Gasteiger partial charge in [0.05, 0.1) is 23.3 Å². The number of amides is 1. The molecule has 0 bridgehead atoms. The van der Waals surface area contributed by atoms with Gasteiger partial charge in [-0.3, -0.25) is 14.7 Å². The maximum Gasteiger partial charge on any atom is 0.335 e. The number of fused-ring (bicyclic) bond motifs is 1. The van der Waals surface area contributed by atoms with Crippen LogP contribution in [-0.2, 0) is 6.54 Å². The summed E-state index contributed by atoms with van der Waals surface area (Å²) in [6.45, 7) is 0.485. The number of nitrogens with one attached hydrogen (secondary N) is 1. The van der Waals surface area contributed by atoms with Crippen LogP contribution in [0, 0.1) is 0 Å². The molecular weight excluding hydrogens is 338 g/mol. The third kappa shape index (κ3) is 2.95. The van der Waals surface area contributed by atoms with Crippen molar-refractivity contribution in [2.75, 3.05) is 13.2 Å². The maximum atomic E-state index is 12.6. The fraction of sp³-hybridized carbons (Fsp3) is 0.200. The Labute approximate surface area is 140 Å². The highest BCUT2D eigenvalue weighted by Crippen LogP contribution is 2.33. The number of H-pyrrole nitrogens is 1. The number of ether oxygens (including phenoxy) is 1. The molecule has 2 aromatic rings. The lowest BCUT2D eigenvalue weighted by atomic mass is 10.1. The van der Waals surface area contributed by atoms with Crippen LogP contribution in [0.2, 0.25) is 5.02 Å². The summed E-state index contributed by atoms with van der Waals surface area (Å²) in [5, 5.41) is 15.3. The molecule has 0 aliphatic carbocycles. The Morgan fingerprint density at radius 1 is 1.38 bits per heavy atom. The first-order chi connectivity index (χ1) is 11.5. The minimum Gasteiger partial charge on any atom is -0.490 e. The summed E-state index contributed by atoms with van der Waals surface area (Å²) in [6, 6.07) is 2.71. The van der Waals surface area contributed by atoms with Crippen LogP contribution in [0.25, 0.3) is 0 Å². The number of carbonyl (C=O) groups excluding carboxylic acids is 1. The number of rotatable bonds is 2. The van der Waals surface area contributed by atoms with Gasteiger partial charge in [0.15, 0.2) is 0 Å². The lowest BCUT2D eigenvalue weighted by molar-refractivity contribution is 0.0696. The summed E-state index contributed by atoms with van der Waals surface area (Å²) in [5.41, 5.74) is -0.0787. The predicted molar refractivity (Wildman–Crippen MR) is 83.5 cm³/mol. The van der Waals surface area contributed by atoms with Gasteiger partial charge >= 0.3 is 5.97 Å². The number of halogens is 1. The average Bonchev–Trinajstić information content (AvgIpc) is 2.77. The van der Waals surface area contributed by atoms with Crippen LogP contribution in [0.15, 0.2) is 29.3 Å². The van der Waals surface area contributed by atoms with Crippen molar-refractivity contribution in [3.05, 3.63) is 56.5 Å². The van der Waals surface area contributed by atoms with E-state index in [1.54, 1.807) is 0 Å². The number of hydrogen-bond donors (Lipinski definition) is 2. The number of benzene rings is 1. The molecule has 0 radical (unpaired) electrons. The van der Waals surface area contributed by atoms with Crippen LogP contribution in [0.3, 0.4) is 0 Å². The predicted octanol–water partition coefficient (Wildman–Crippen LogP) is 1.16. The van der Waals surface area contributed by atoms with E-state index in [1.165, 1.54) is 23.2 Å². The zero-order valence-corrected chi connectivity index (χ0v) is 13.0. The zero-order chi connectivity index (χ0) is 17.3. The van der Waals surface area contributed by atoms with Gasteiger partial charge in [0, 0.05) is 18.3 Å². The molecule has 1 amide bonds. The smallest absolute Gasteiger partial charge is 0.335 e. The molecule has 0 unspecified atom stereocenters. The van der Waals surface area contributed by atoms with Crippen LogP contribution in [0.4, 0.5) is 0 Å². The molecule has 1 aliphatic heterocycles. The summed E-state index contributed by atoms with van der Waals surface area (Å²) in [6.07, 6.45) is 2.26. The molecule has 24 heavy (non-hydrogen) atoms. The monoisotopic (exact) mass is 349 g/mol. The van der Waals surface area contributed by atoms with E-state index in [2.05, 4.69) is 10.2 Å². The highest BCUT2D eigenvalue weighted by Gasteiger charge is 2.25. The van der Waals surface area contributed by atoms with E-state index in [0.29, 0.717) is 11.3 Å². The van der Waals surface area contributed by atoms with Gasteiger partial charge < -0.3 is 14.7 Å².